The van der Waals surface area contributed by atoms with Crippen molar-refractivity contribution in [3.63, 3.8) is 0 Å². The lowest BCUT2D eigenvalue weighted by molar-refractivity contribution is 0.138. The number of alkyl carbamates (subject to hydrolysis) is 1. The van der Waals surface area contributed by atoms with Crippen molar-refractivity contribution in [2.24, 2.45) is 5.92 Å². The number of nitrogens with one attached hydrogen (secondary N) is 1. The lowest BCUT2D eigenvalue weighted by Crippen LogP contribution is -2.31. The average molecular weight is 455 g/mol. The van der Waals surface area contributed by atoms with Crippen molar-refractivity contribution >= 4 is 28.7 Å². The minimum atomic E-state index is -0.373. The Bertz CT molecular complexity index is 1060. The molecule has 1 aliphatic heterocycles. The van der Waals surface area contributed by atoms with E-state index < -0.39 is 0 Å². The maximum absolute atomic E-state index is 12.0. The quantitative estimate of drug-likeness (QED) is 0.552. The van der Waals surface area contributed by atoms with Crippen LogP contribution in [-0.2, 0) is 17.8 Å². The molecule has 1 aliphatic rings. The molecule has 0 radical (unpaired) electrons. The van der Waals surface area contributed by atoms with Crippen LogP contribution in [0.2, 0.25) is 5.02 Å². The summed E-state index contributed by atoms with van der Waals surface area (Å²) in [6.45, 7) is 3.68. The van der Waals surface area contributed by atoms with Gasteiger partial charge in [-0.1, -0.05) is 41.9 Å². The monoisotopic (exact) mass is 454 g/mol. The van der Waals surface area contributed by atoms with E-state index in [-0.39, 0.29) is 12.7 Å². The van der Waals surface area contributed by atoms with Gasteiger partial charge in [0.25, 0.3) is 0 Å². The van der Waals surface area contributed by atoms with E-state index in [9.17, 15) is 4.79 Å². The number of aromatic nitrogens is 2. The van der Waals surface area contributed by atoms with E-state index in [1.165, 1.54) is 0 Å². The van der Waals surface area contributed by atoms with Crippen LogP contribution < -0.4 is 10.1 Å². The van der Waals surface area contributed by atoms with E-state index in [4.69, 9.17) is 21.1 Å². The van der Waals surface area contributed by atoms with Gasteiger partial charge in [0.05, 0.1) is 23.2 Å². The van der Waals surface area contributed by atoms with Gasteiger partial charge in [0.1, 0.15) is 6.61 Å². The molecule has 0 spiro atoms. The van der Waals surface area contributed by atoms with Gasteiger partial charge in [-0.25, -0.2) is 9.78 Å². The molecule has 0 saturated carbocycles. The molecule has 1 fully saturated rings. The summed E-state index contributed by atoms with van der Waals surface area (Å²) in [7, 11) is 1.60. The minimum absolute atomic E-state index is 0.281. The second kappa shape index (κ2) is 10.6. The fraction of sp³-hybridized carbons (Fsp3) is 0.375. The van der Waals surface area contributed by atoms with Crippen LogP contribution in [0.3, 0.4) is 0 Å². The Morgan fingerprint density at radius 1 is 1.25 bits per heavy atom. The van der Waals surface area contributed by atoms with Crippen LogP contribution >= 0.6 is 11.6 Å². The molecular weight excluding hydrogens is 428 g/mol. The largest absolute Gasteiger partial charge is 0.481 e. The highest BCUT2D eigenvalue weighted by Gasteiger charge is 2.23. The summed E-state index contributed by atoms with van der Waals surface area (Å²) < 4.78 is 10.6. The number of amides is 1. The summed E-state index contributed by atoms with van der Waals surface area (Å²) >= 11 is 6.45. The molecule has 4 rings (SSSR count). The first kappa shape index (κ1) is 22.3. The number of methoxy groups -OCH3 is 1. The SMILES string of the molecule is COc1ccc2ncc(Cl)c(CCN3CC[C@@H](CNC(=O)OCc4ccccc4)C3)c2n1. The highest BCUT2D eigenvalue weighted by atomic mass is 35.5. The Balaban J connectivity index is 1.25. The fourth-order valence-corrected chi connectivity index (χ4v) is 4.22. The first-order valence-corrected chi connectivity index (χ1v) is 11.1. The second-order valence-corrected chi connectivity index (χ2v) is 8.36. The molecule has 3 heterocycles. The molecule has 0 unspecified atom stereocenters. The third kappa shape index (κ3) is 5.66. The van der Waals surface area contributed by atoms with Crippen LogP contribution in [0, 0.1) is 5.92 Å². The van der Waals surface area contributed by atoms with Gasteiger partial charge >= 0.3 is 6.09 Å². The Morgan fingerprint density at radius 2 is 2.09 bits per heavy atom. The van der Waals surface area contributed by atoms with E-state index in [0.29, 0.717) is 23.4 Å². The zero-order valence-corrected chi connectivity index (χ0v) is 18.8. The van der Waals surface area contributed by atoms with E-state index in [1.54, 1.807) is 19.4 Å². The number of nitrogens with zero attached hydrogens (tertiary/aromatic N) is 3. The Hall–Kier alpha value is -2.90. The van der Waals surface area contributed by atoms with Gasteiger partial charge in [0, 0.05) is 37.5 Å². The zero-order valence-electron chi connectivity index (χ0n) is 18.1. The van der Waals surface area contributed by atoms with Gasteiger partial charge in [-0.2, -0.15) is 0 Å². The molecule has 0 aliphatic carbocycles. The van der Waals surface area contributed by atoms with Crippen LogP contribution in [0.1, 0.15) is 17.5 Å². The number of carbonyl (C=O) groups excluding carboxylic acids is 1. The van der Waals surface area contributed by atoms with Crippen molar-refractivity contribution < 1.29 is 14.3 Å². The van der Waals surface area contributed by atoms with E-state index >= 15 is 0 Å². The number of benzene rings is 1. The van der Waals surface area contributed by atoms with Crippen molar-refractivity contribution in [2.45, 2.75) is 19.4 Å². The normalized spacial score (nSPS) is 16.2. The number of likely N-dealkylation sites (tertiary alicyclic amines) is 1. The minimum Gasteiger partial charge on any atom is -0.481 e. The Labute approximate surface area is 192 Å². The van der Waals surface area contributed by atoms with Gasteiger partial charge in [0.15, 0.2) is 0 Å². The number of fused-ring (bicyclic) bond motifs is 1. The molecule has 1 atom stereocenters. The number of carbonyl (C=O) groups is 1. The third-order valence-corrected chi connectivity index (χ3v) is 6.07. The molecule has 1 saturated heterocycles. The van der Waals surface area contributed by atoms with Crippen LogP contribution in [-0.4, -0.2) is 54.2 Å². The van der Waals surface area contributed by atoms with E-state index in [1.807, 2.05) is 36.4 Å². The number of hydrogen-bond acceptors (Lipinski definition) is 6. The van der Waals surface area contributed by atoms with Gasteiger partial charge < -0.3 is 19.7 Å². The number of ether oxygens (including phenoxy) is 2. The molecule has 0 bridgehead atoms. The smallest absolute Gasteiger partial charge is 0.407 e. The Morgan fingerprint density at radius 3 is 2.91 bits per heavy atom. The van der Waals surface area contributed by atoms with E-state index in [0.717, 1.165) is 54.6 Å². The second-order valence-electron chi connectivity index (χ2n) is 7.95. The molecule has 8 heteroatoms. The van der Waals surface area contributed by atoms with Gasteiger partial charge in [-0.05, 0) is 36.9 Å². The molecule has 7 nitrogen and oxygen atoms in total. The maximum Gasteiger partial charge on any atom is 0.407 e. The van der Waals surface area contributed by atoms with Gasteiger partial charge in [0.2, 0.25) is 5.88 Å². The predicted octanol–water partition coefficient (Wildman–Crippen LogP) is 4.08. The predicted molar refractivity (Wildman–Crippen MR) is 124 cm³/mol. The van der Waals surface area contributed by atoms with Gasteiger partial charge in [-0.15, -0.1) is 0 Å². The highest BCUT2D eigenvalue weighted by molar-refractivity contribution is 6.32. The number of hydrogen-bond donors (Lipinski definition) is 1. The summed E-state index contributed by atoms with van der Waals surface area (Å²) in [4.78, 5) is 23.3. The van der Waals surface area contributed by atoms with Gasteiger partial charge in [-0.3, -0.25) is 4.98 Å². The summed E-state index contributed by atoms with van der Waals surface area (Å²) in [6.07, 6.45) is 3.13. The molecule has 32 heavy (non-hydrogen) atoms. The number of rotatable bonds is 8. The molecule has 1 amide bonds. The van der Waals surface area contributed by atoms with Crippen molar-refractivity contribution in [3.8, 4) is 5.88 Å². The first-order valence-electron chi connectivity index (χ1n) is 10.8. The average Bonchev–Trinajstić information content (AvgIpc) is 3.29. The summed E-state index contributed by atoms with van der Waals surface area (Å²) in [5.41, 5.74) is 3.56. The summed E-state index contributed by atoms with van der Waals surface area (Å²) in [5, 5.41) is 3.52. The van der Waals surface area contributed by atoms with Crippen molar-refractivity contribution in [2.75, 3.05) is 33.3 Å². The highest BCUT2D eigenvalue weighted by Crippen LogP contribution is 2.26. The molecule has 1 N–H and O–H groups in total. The lowest BCUT2D eigenvalue weighted by Gasteiger charge is -2.17. The van der Waals surface area contributed by atoms with Crippen LogP contribution in [0.15, 0.2) is 48.7 Å². The van der Waals surface area contributed by atoms with Crippen molar-refractivity contribution in [1.29, 1.82) is 0 Å². The van der Waals surface area contributed by atoms with E-state index in [2.05, 4.69) is 20.2 Å². The molecule has 3 aromatic rings. The van der Waals surface area contributed by atoms with Crippen LogP contribution in [0.5, 0.6) is 5.88 Å². The zero-order chi connectivity index (χ0) is 22.3. The van der Waals surface area contributed by atoms with Crippen LogP contribution in [0.4, 0.5) is 4.79 Å². The van der Waals surface area contributed by atoms with Crippen molar-refractivity contribution in [1.82, 2.24) is 20.2 Å². The lowest BCUT2D eigenvalue weighted by atomic mass is 10.1. The molecular formula is C24H27ClN4O3. The fourth-order valence-electron chi connectivity index (χ4n) is 3.98. The maximum atomic E-state index is 12.0. The summed E-state index contributed by atoms with van der Waals surface area (Å²) in [5.74, 6) is 0.955. The Kier molecular flexibility index (Phi) is 7.39. The number of pyridine rings is 2. The van der Waals surface area contributed by atoms with Crippen LogP contribution in [0.25, 0.3) is 11.0 Å². The molecule has 168 valence electrons. The standard InChI is InChI=1S/C24H27ClN4O3/c1-31-22-8-7-21-23(28-22)19(20(25)14-26-21)10-12-29-11-9-18(15-29)13-27-24(30)32-16-17-5-3-2-4-6-17/h2-8,14,18H,9-13,15-16H2,1H3,(H,27,30)/t18-/m0/s1. The number of halogens is 1. The molecule has 1 aromatic carbocycles. The third-order valence-electron chi connectivity index (χ3n) is 5.74. The molecule has 2 aromatic heterocycles. The van der Waals surface area contributed by atoms with Crippen molar-refractivity contribution in [3.05, 3.63) is 64.8 Å². The topological polar surface area (TPSA) is 76.6 Å². The summed E-state index contributed by atoms with van der Waals surface area (Å²) in [6, 6.07) is 13.4. The first-order chi connectivity index (χ1) is 15.6.